The van der Waals surface area contributed by atoms with Crippen molar-refractivity contribution in [2.75, 3.05) is 11.9 Å². The number of benzene rings is 1. The Hall–Kier alpha value is -1.05. The fourth-order valence-corrected chi connectivity index (χ4v) is 1.13. The van der Waals surface area contributed by atoms with Gasteiger partial charge >= 0.3 is 0 Å². The van der Waals surface area contributed by atoms with Gasteiger partial charge < -0.3 is 5.32 Å². The first-order valence-electron chi connectivity index (χ1n) is 4.17. The molecule has 0 saturated heterocycles. The van der Waals surface area contributed by atoms with E-state index in [4.69, 9.17) is 0 Å². The van der Waals surface area contributed by atoms with Crippen LogP contribution in [0.4, 0.5) is 10.1 Å². The highest BCUT2D eigenvalue weighted by Gasteiger charge is 1.98. The average Bonchev–Trinajstić information content (AvgIpc) is 2.09. The van der Waals surface area contributed by atoms with Crippen molar-refractivity contribution in [2.24, 2.45) is 0 Å². The number of rotatable bonds is 3. The summed E-state index contributed by atoms with van der Waals surface area (Å²) >= 11 is 0. The molecular weight excluding hydrogens is 153 g/mol. The van der Waals surface area contributed by atoms with Gasteiger partial charge in [-0.05, 0) is 37.1 Å². The summed E-state index contributed by atoms with van der Waals surface area (Å²) in [7, 11) is 0. The summed E-state index contributed by atoms with van der Waals surface area (Å²) < 4.78 is 12.4. The molecule has 0 unspecified atom stereocenters. The molecule has 1 aromatic carbocycles. The number of alkyl halides is 1. The zero-order valence-electron chi connectivity index (χ0n) is 7.52. The van der Waals surface area contributed by atoms with Gasteiger partial charge in [-0.3, -0.25) is 0 Å². The van der Waals surface area contributed by atoms with Crippen molar-refractivity contribution in [2.45, 2.75) is 20.5 Å². The molecule has 1 nitrogen and oxygen atoms in total. The Morgan fingerprint density at radius 1 is 1.42 bits per heavy atom. The van der Waals surface area contributed by atoms with Gasteiger partial charge in [0.25, 0.3) is 0 Å². The number of hydrogen-bond acceptors (Lipinski definition) is 1. The molecule has 2 heteroatoms. The SMILES string of the molecule is CCNc1ccc(C)c(CF)c1. The molecule has 0 spiro atoms. The Morgan fingerprint density at radius 3 is 2.75 bits per heavy atom. The largest absolute Gasteiger partial charge is 0.385 e. The molecular formula is C10H14FN. The second-order valence-corrected chi connectivity index (χ2v) is 2.81. The maximum Gasteiger partial charge on any atom is 0.115 e. The van der Waals surface area contributed by atoms with E-state index in [1.54, 1.807) is 0 Å². The van der Waals surface area contributed by atoms with Gasteiger partial charge in [-0.15, -0.1) is 0 Å². The number of anilines is 1. The molecule has 0 radical (unpaired) electrons. The number of halogens is 1. The zero-order valence-corrected chi connectivity index (χ0v) is 7.52. The van der Waals surface area contributed by atoms with Crippen LogP contribution < -0.4 is 5.32 Å². The summed E-state index contributed by atoms with van der Waals surface area (Å²) in [5.41, 5.74) is 2.78. The van der Waals surface area contributed by atoms with Gasteiger partial charge in [0.2, 0.25) is 0 Å². The maximum absolute atomic E-state index is 12.4. The fourth-order valence-electron chi connectivity index (χ4n) is 1.13. The molecule has 0 aliphatic carbocycles. The molecule has 0 aromatic heterocycles. The summed E-state index contributed by atoms with van der Waals surface area (Å²) in [6, 6.07) is 5.77. The highest BCUT2D eigenvalue weighted by molar-refractivity contribution is 5.48. The lowest BCUT2D eigenvalue weighted by molar-refractivity contribution is 0.484. The molecule has 0 saturated carbocycles. The summed E-state index contributed by atoms with van der Waals surface area (Å²) in [4.78, 5) is 0. The predicted octanol–water partition coefficient (Wildman–Crippen LogP) is 2.90. The monoisotopic (exact) mass is 167 g/mol. The second-order valence-electron chi connectivity index (χ2n) is 2.81. The van der Waals surface area contributed by atoms with Gasteiger partial charge in [0, 0.05) is 12.2 Å². The molecule has 0 fully saturated rings. The van der Waals surface area contributed by atoms with Crippen molar-refractivity contribution in [3.8, 4) is 0 Å². The standard InChI is InChI=1S/C10H14FN/c1-3-12-10-5-4-8(2)9(6-10)7-11/h4-6,12H,3,7H2,1-2H3. The molecule has 0 bridgehead atoms. The Kier molecular flexibility index (Phi) is 3.09. The van der Waals surface area contributed by atoms with Crippen molar-refractivity contribution >= 4 is 5.69 Å². The van der Waals surface area contributed by atoms with Gasteiger partial charge in [0.05, 0.1) is 0 Å². The van der Waals surface area contributed by atoms with Crippen LogP contribution in [0.25, 0.3) is 0 Å². The van der Waals surface area contributed by atoms with E-state index in [1.165, 1.54) is 0 Å². The van der Waals surface area contributed by atoms with Gasteiger partial charge in [-0.25, -0.2) is 4.39 Å². The normalized spacial score (nSPS) is 9.92. The van der Waals surface area contributed by atoms with E-state index >= 15 is 0 Å². The molecule has 0 aliphatic rings. The smallest absolute Gasteiger partial charge is 0.115 e. The third-order valence-electron chi connectivity index (χ3n) is 1.87. The molecule has 0 atom stereocenters. The Morgan fingerprint density at radius 2 is 2.17 bits per heavy atom. The molecule has 0 aliphatic heterocycles. The topological polar surface area (TPSA) is 12.0 Å². The van der Waals surface area contributed by atoms with Crippen LogP contribution >= 0.6 is 0 Å². The minimum Gasteiger partial charge on any atom is -0.385 e. The van der Waals surface area contributed by atoms with Crippen LogP contribution in [0.2, 0.25) is 0 Å². The third kappa shape index (κ3) is 1.97. The average molecular weight is 167 g/mol. The van der Waals surface area contributed by atoms with E-state index in [-0.39, 0.29) is 6.67 Å². The first kappa shape index (κ1) is 9.04. The zero-order chi connectivity index (χ0) is 8.97. The molecule has 1 aromatic rings. The first-order chi connectivity index (χ1) is 5.77. The van der Waals surface area contributed by atoms with E-state index in [2.05, 4.69) is 5.32 Å². The minimum absolute atomic E-state index is 0.384. The van der Waals surface area contributed by atoms with E-state index < -0.39 is 0 Å². The second kappa shape index (κ2) is 4.10. The van der Waals surface area contributed by atoms with E-state index in [0.29, 0.717) is 0 Å². The lowest BCUT2D eigenvalue weighted by Crippen LogP contribution is -1.97. The predicted molar refractivity (Wildman–Crippen MR) is 50.2 cm³/mol. The highest BCUT2D eigenvalue weighted by Crippen LogP contribution is 2.15. The van der Waals surface area contributed by atoms with E-state index in [1.807, 2.05) is 32.0 Å². The number of hydrogen-bond donors (Lipinski definition) is 1. The van der Waals surface area contributed by atoms with Crippen LogP contribution in [0.15, 0.2) is 18.2 Å². The maximum atomic E-state index is 12.4. The van der Waals surface area contributed by atoms with Crippen LogP contribution in [-0.4, -0.2) is 6.54 Å². The third-order valence-corrected chi connectivity index (χ3v) is 1.87. The van der Waals surface area contributed by atoms with Crippen molar-refractivity contribution in [1.29, 1.82) is 0 Å². The van der Waals surface area contributed by atoms with Gasteiger partial charge in [-0.1, -0.05) is 6.07 Å². The molecule has 12 heavy (non-hydrogen) atoms. The van der Waals surface area contributed by atoms with Crippen LogP contribution in [0.3, 0.4) is 0 Å². The van der Waals surface area contributed by atoms with Gasteiger partial charge in [0.15, 0.2) is 0 Å². The van der Waals surface area contributed by atoms with Crippen molar-refractivity contribution in [3.05, 3.63) is 29.3 Å². The van der Waals surface area contributed by atoms with Crippen LogP contribution in [0.1, 0.15) is 18.1 Å². The highest BCUT2D eigenvalue weighted by atomic mass is 19.1. The number of aryl methyl sites for hydroxylation is 1. The van der Waals surface area contributed by atoms with Crippen molar-refractivity contribution in [1.82, 2.24) is 0 Å². The molecule has 0 heterocycles. The molecule has 0 amide bonds. The van der Waals surface area contributed by atoms with Crippen LogP contribution in [0, 0.1) is 6.92 Å². The van der Waals surface area contributed by atoms with Gasteiger partial charge in [0.1, 0.15) is 6.67 Å². The van der Waals surface area contributed by atoms with Crippen molar-refractivity contribution in [3.63, 3.8) is 0 Å². The van der Waals surface area contributed by atoms with E-state index in [9.17, 15) is 4.39 Å². The Balaban J connectivity index is 2.89. The molecule has 1 N–H and O–H groups in total. The Labute approximate surface area is 72.6 Å². The van der Waals surface area contributed by atoms with Crippen LogP contribution in [-0.2, 0) is 6.67 Å². The summed E-state index contributed by atoms with van der Waals surface area (Å²) in [5.74, 6) is 0. The lowest BCUT2D eigenvalue weighted by atomic mass is 10.1. The van der Waals surface area contributed by atoms with E-state index in [0.717, 1.165) is 23.4 Å². The minimum atomic E-state index is -0.384. The summed E-state index contributed by atoms with van der Waals surface area (Å²) in [6.07, 6.45) is 0. The Bertz CT molecular complexity index is 258. The lowest BCUT2D eigenvalue weighted by Gasteiger charge is -2.06. The van der Waals surface area contributed by atoms with Gasteiger partial charge in [-0.2, -0.15) is 0 Å². The molecule has 1 rings (SSSR count). The fraction of sp³-hybridized carbons (Fsp3) is 0.400. The summed E-state index contributed by atoms with van der Waals surface area (Å²) in [6.45, 7) is 4.43. The quantitative estimate of drug-likeness (QED) is 0.729. The summed E-state index contributed by atoms with van der Waals surface area (Å²) in [5, 5.41) is 3.14. The molecule has 66 valence electrons. The first-order valence-corrected chi connectivity index (χ1v) is 4.17. The number of nitrogens with one attached hydrogen (secondary N) is 1. The van der Waals surface area contributed by atoms with Crippen LogP contribution in [0.5, 0.6) is 0 Å². The van der Waals surface area contributed by atoms with Crippen molar-refractivity contribution < 1.29 is 4.39 Å².